The van der Waals surface area contributed by atoms with Crippen LogP contribution in [0.15, 0.2) is 60.8 Å². The zero-order valence-corrected chi connectivity index (χ0v) is 11.8. The van der Waals surface area contributed by atoms with Gasteiger partial charge >= 0.3 is 0 Å². The molecule has 0 unspecified atom stereocenters. The van der Waals surface area contributed by atoms with Crippen molar-refractivity contribution in [2.45, 2.75) is 25.1 Å². The Morgan fingerprint density at radius 1 is 1.05 bits per heavy atom. The van der Waals surface area contributed by atoms with E-state index in [0.29, 0.717) is 13.0 Å². The van der Waals surface area contributed by atoms with E-state index in [1.807, 2.05) is 65.5 Å². The second kappa shape index (κ2) is 6.08. The SMILES string of the molecule is N[C@H](Cc1ccccc1)[C@@H](O)Cn1ncc2ccccc21. The van der Waals surface area contributed by atoms with Gasteiger partial charge in [0, 0.05) is 11.4 Å². The summed E-state index contributed by atoms with van der Waals surface area (Å²) in [6, 6.07) is 17.6. The van der Waals surface area contributed by atoms with E-state index in [4.69, 9.17) is 5.73 Å². The van der Waals surface area contributed by atoms with Crippen molar-refractivity contribution >= 4 is 10.9 Å². The van der Waals surface area contributed by atoms with Crippen molar-refractivity contribution < 1.29 is 5.11 Å². The third-order valence-corrected chi connectivity index (χ3v) is 3.72. The number of nitrogens with zero attached hydrogens (tertiary/aromatic N) is 2. The third-order valence-electron chi connectivity index (χ3n) is 3.72. The van der Waals surface area contributed by atoms with Gasteiger partial charge in [-0.2, -0.15) is 5.10 Å². The van der Waals surface area contributed by atoms with Crippen LogP contribution in [0.3, 0.4) is 0 Å². The van der Waals surface area contributed by atoms with Gasteiger partial charge in [-0.1, -0.05) is 48.5 Å². The highest BCUT2D eigenvalue weighted by molar-refractivity contribution is 5.78. The normalized spacial score (nSPS) is 14.2. The largest absolute Gasteiger partial charge is 0.390 e. The molecule has 0 spiro atoms. The summed E-state index contributed by atoms with van der Waals surface area (Å²) < 4.78 is 1.81. The third kappa shape index (κ3) is 3.12. The zero-order chi connectivity index (χ0) is 14.7. The van der Waals surface area contributed by atoms with E-state index in [-0.39, 0.29) is 6.04 Å². The van der Waals surface area contributed by atoms with Crippen molar-refractivity contribution in [3.8, 4) is 0 Å². The van der Waals surface area contributed by atoms with Crippen LogP contribution in [-0.2, 0) is 13.0 Å². The Balaban J connectivity index is 1.69. The second-order valence-electron chi connectivity index (χ2n) is 5.31. The lowest BCUT2D eigenvalue weighted by molar-refractivity contribution is 0.122. The monoisotopic (exact) mass is 281 g/mol. The first-order valence-electron chi connectivity index (χ1n) is 7.12. The highest BCUT2D eigenvalue weighted by atomic mass is 16.3. The summed E-state index contributed by atoms with van der Waals surface area (Å²) in [5.41, 5.74) is 8.27. The minimum Gasteiger partial charge on any atom is -0.390 e. The van der Waals surface area contributed by atoms with Crippen LogP contribution in [0.5, 0.6) is 0 Å². The van der Waals surface area contributed by atoms with Gasteiger partial charge in [-0.15, -0.1) is 0 Å². The highest BCUT2D eigenvalue weighted by Gasteiger charge is 2.17. The molecular formula is C17H19N3O. The van der Waals surface area contributed by atoms with Crippen LogP contribution in [0.4, 0.5) is 0 Å². The van der Waals surface area contributed by atoms with E-state index < -0.39 is 6.10 Å². The van der Waals surface area contributed by atoms with Crippen molar-refractivity contribution in [3.05, 3.63) is 66.4 Å². The molecule has 3 N–H and O–H groups in total. The summed E-state index contributed by atoms with van der Waals surface area (Å²) in [5.74, 6) is 0. The van der Waals surface area contributed by atoms with Crippen LogP contribution in [-0.4, -0.2) is 27.0 Å². The number of hydrogen-bond acceptors (Lipinski definition) is 3. The van der Waals surface area contributed by atoms with Gasteiger partial charge in [0.15, 0.2) is 0 Å². The first kappa shape index (κ1) is 13.8. The molecule has 21 heavy (non-hydrogen) atoms. The van der Waals surface area contributed by atoms with E-state index in [9.17, 15) is 5.11 Å². The van der Waals surface area contributed by atoms with Gasteiger partial charge in [0.1, 0.15) is 0 Å². The maximum atomic E-state index is 10.3. The minimum absolute atomic E-state index is 0.310. The fourth-order valence-electron chi connectivity index (χ4n) is 2.51. The summed E-state index contributed by atoms with van der Waals surface area (Å²) in [7, 11) is 0. The highest BCUT2D eigenvalue weighted by Crippen LogP contribution is 2.14. The van der Waals surface area contributed by atoms with Gasteiger partial charge in [0.05, 0.1) is 24.4 Å². The lowest BCUT2D eigenvalue weighted by Crippen LogP contribution is -2.39. The van der Waals surface area contributed by atoms with Gasteiger partial charge in [-0.25, -0.2) is 0 Å². The van der Waals surface area contributed by atoms with Crippen molar-refractivity contribution in [1.29, 1.82) is 0 Å². The minimum atomic E-state index is -0.631. The van der Waals surface area contributed by atoms with Crippen molar-refractivity contribution in [2.75, 3.05) is 0 Å². The van der Waals surface area contributed by atoms with Gasteiger partial charge in [-0.3, -0.25) is 4.68 Å². The van der Waals surface area contributed by atoms with Gasteiger partial charge in [-0.05, 0) is 18.1 Å². The summed E-state index contributed by atoms with van der Waals surface area (Å²) in [6.45, 7) is 0.404. The Bertz CT molecular complexity index is 708. The number of aliphatic hydroxyl groups is 1. The number of rotatable bonds is 5. The molecule has 3 rings (SSSR count). The van der Waals surface area contributed by atoms with Crippen molar-refractivity contribution in [3.63, 3.8) is 0 Å². The molecule has 1 heterocycles. The molecule has 0 saturated heterocycles. The smallest absolute Gasteiger partial charge is 0.0890 e. The van der Waals surface area contributed by atoms with E-state index in [1.54, 1.807) is 0 Å². The molecule has 0 aliphatic heterocycles. The van der Waals surface area contributed by atoms with E-state index in [2.05, 4.69) is 5.10 Å². The average molecular weight is 281 g/mol. The molecule has 0 radical (unpaired) electrons. The van der Waals surface area contributed by atoms with Crippen LogP contribution in [0, 0.1) is 0 Å². The Morgan fingerprint density at radius 2 is 1.76 bits per heavy atom. The molecule has 0 aliphatic carbocycles. The molecule has 0 amide bonds. The molecule has 1 aromatic heterocycles. The van der Waals surface area contributed by atoms with Crippen LogP contribution >= 0.6 is 0 Å². The maximum absolute atomic E-state index is 10.3. The number of para-hydroxylation sites is 1. The first-order valence-corrected chi connectivity index (χ1v) is 7.12. The number of fused-ring (bicyclic) bond motifs is 1. The topological polar surface area (TPSA) is 64.1 Å². The molecule has 4 nitrogen and oxygen atoms in total. The zero-order valence-electron chi connectivity index (χ0n) is 11.8. The maximum Gasteiger partial charge on any atom is 0.0890 e. The summed E-state index contributed by atoms with van der Waals surface area (Å²) in [6.07, 6.45) is 1.83. The molecule has 3 aromatic rings. The van der Waals surface area contributed by atoms with Gasteiger partial charge < -0.3 is 10.8 Å². The second-order valence-corrected chi connectivity index (χ2v) is 5.31. The van der Waals surface area contributed by atoms with E-state index in [0.717, 1.165) is 16.5 Å². The number of nitrogens with two attached hydrogens (primary N) is 1. The fraction of sp³-hybridized carbons (Fsp3) is 0.235. The Hall–Kier alpha value is -2.17. The quantitative estimate of drug-likeness (QED) is 0.751. The average Bonchev–Trinajstić information content (AvgIpc) is 2.91. The first-order chi connectivity index (χ1) is 10.2. The summed E-state index contributed by atoms with van der Waals surface area (Å²) >= 11 is 0. The Labute approximate surface area is 123 Å². The van der Waals surface area contributed by atoms with E-state index >= 15 is 0 Å². The fourth-order valence-corrected chi connectivity index (χ4v) is 2.51. The van der Waals surface area contributed by atoms with Crippen LogP contribution < -0.4 is 5.73 Å². The molecule has 2 aromatic carbocycles. The van der Waals surface area contributed by atoms with Crippen LogP contribution in [0.2, 0.25) is 0 Å². The number of benzene rings is 2. The molecule has 0 aliphatic rings. The lowest BCUT2D eigenvalue weighted by atomic mass is 10.0. The standard InChI is InChI=1S/C17H19N3O/c18-15(10-13-6-2-1-3-7-13)17(21)12-20-16-9-5-4-8-14(16)11-19-20/h1-9,11,15,17,21H,10,12,18H2/t15-,17+/m1/s1. The van der Waals surface area contributed by atoms with Crippen molar-refractivity contribution in [1.82, 2.24) is 9.78 Å². The molecule has 0 bridgehead atoms. The van der Waals surface area contributed by atoms with Crippen LogP contribution in [0.1, 0.15) is 5.56 Å². The van der Waals surface area contributed by atoms with Crippen molar-refractivity contribution in [2.24, 2.45) is 5.73 Å². The Morgan fingerprint density at radius 3 is 2.57 bits per heavy atom. The molecule has 4 heteroatoms. The van der Waals surface area contributed by atoms with Crippen LogP contribution in [0.25, 0.3) is 10.9 Å². The molecular weight excluding hydrogens is 262 g/mol. The number of aliphatic hydroxyl groups excluding tert-OH is 1. The van der Waals surface area contributed by atoms with Gasteiger partial charge in [0.2, 0.25) is 0 Å². The molecule has 2 atom stereocenters. The number of hydrogen-bond donors (Lipinski definition) is 2. The molecule has 0 saturated carbocycles. The summed E-state index contributed by atoms with van der Waals surface area (Å²) in [5, 5.41) is 15.7. The predicted molar refractivity (Wildman–Crippen MR) is 83.9 cm³/mol. The van der Waals surface area contributed by atoms with E-state index in [1.165, 1.54) is 0 Å². The Kier molecular flexibility index (Phi) is 3.99. The molecule has 0 fully saturated rings. The summed E-state index contributed by atoms with van der Waals surface area (Å²) in [4.78, 5) is 0. The molecule has 108 valence electrons. The lowest BCUT2D eigenvalue weighted by Gasteiger charge is -2.19. The van der Waals surface area contributed by atoms with Gasteiger partial charge in [0.25, 0.3) is 0 Å². The number of aromatic nitrogens is 2. The predicted octanol–water partition coefficient (Wildman–Crippen LogP) is 1.97.